The summed E-state index contributed by atoms with van der Waals surface area (Å²) in [6.45, 7) is 0.250. The van der Waals surface area contributed by atoms with Gasteiger partial charge in [0.05, 0.1) is 27.0 Å². The molecule has 2 atom stereocenters. The van der Waals surface area contributed by atoms with E-state index >= 15 is 0 Å². The number of nitrogens with zero attached hydrogens (tertiary/aromatic N) is 2. The molecule has 2 aromatic carbocycles. The molecule has 8 heteroatoms. The van der Waals surface area contributed by atoms with E-state index in [9.17, 15) is 9.59 Å². The van der Waals surface area contributed by atoms with Crippen molar-refractivity contribution in [2.75, 3.05) is 20.8 Å². The first-order valence-electron chi connectivity index (χ1n) is 11.5. The zero-order chi connectivity index (χ0) is 24.1. The Labute approximate surface area is 202 Å². The second-order valence-corrected chi connectivity index (χ2v) is 8.87. The molecular weight excluding hydrogens is 446 g/mol. The standard InChI is InChI=1S/C27H25N3O5/c1-33-16-9-10-19(23(12-16)34-2)26-25-20(18-7-3-4-8-21(18)28-25)13-22-27(32)29(15-24(31)30(22)26)14-17-6-5-11-35-17/h3-12,22,26,28H,13-15H2,1-2H3/t22-,26-/m0/s1. The Hall–Kier alpha value is -4.20. The molecule has 1 fully saturated rings. The summed E-state index contributed by atoms with van der Waals surface area (Å²) in [5.74, 6) is 1.69. The molecule has 0 unspecified atom stereocenters. The van der Waals surface area contributed by atoms with Gasteiger partial charge in [-0.15, -0.1) is 0 Å². The van der Waals surface area contributed by atoms with Crippen LogP contribution >= 0.6 is 0 Å². The van der Waals surface area contributed by atoms with Crippen molar-refractivity contribution in [3.05, 3.63) is 83.4 Å². The van der Waals surface area contributed by atoms with Crippen LogP contribution in [0.4, 0.5) is 0 Å². The molecule has 4 heterocycles. The lowest BCUT2D eigenvalue weighted by Gasteiger charge is -2.47. The zero-order valence-electron chi connectivity index (χ0n) is 19.5. The van der Waals surface area contributed by atoms with Crippen LogP contribution in [0.5, 0.6) is 11.5 Å². The normalized spacial score (nSPS) is 19.6. The number of fused-ring (bicyclic) bond motifs is 4. The van der Waals surface area contributed by atoms with E-state index in [4.69, 9.17) is 13.9 Å². The summed E-state index contributed by atoms with van der Waals surface area (Å²) in [7, 11) is 3.19. The van der Waals surface area contributed by atoms with Crippen LogP contribution in [0.2, 0.25) is 0 Å². The molecule has 0 aliphatic carbocycles. The highest BCUT2D eigenvalue weighted by Crippen LogP contribution is 2.45. The zero-order valence-corrected chi connectivity index (χ0v) is 19.5. The van der Waals surface area contributed by atoms with Crippen LogP contribution in [-0.4, -0.2) is 53.4 Å². The van der Waals surface area contributed by atoms with Crippen LogP contribution in [-0.2, 0) is 22.6 Å². The molecule has 8 nitrogen and oxygen atoms in total. The number of para-hydroxylation sites is 1. The maximum Gasteiger partial charge on any atom is 0.246 e. The van der Waals surface area contributed by atoms with E-state index in [-0.39, 0.29) is 24.9 Å². The Morgan fingerprint density at radius 1 is 1.06 bits per heavy atom. The van der Waals surface area contributed by atoms with E-state index in [0.717, 1.165) is 27.7 Å². The van der Waals surface area contributed by atoms with Crippen LogP contribution in [0.25, 0.3) is 10.9 Å². The first kappa shape index (κ1) is 21.3. The molecule has 2 amide bonds. The number of hydrogen-bond acceptors (Lipinski definition) is 5. The number of H-pyrrole nitrogens is 1. The summed E-state index contributed by atoms with van der Waals surface area (Å²) in [6.07, 6.45) is 2.01. The Bertz CT molecular complexity index is 1420. The van der Waals surface area contributed by atoms with Crippen molar-refractivity contribution in [2.45, 2.75) is 25.0 Å². The van der Waals surface area contributed by atoms with Gasteiger partial charge in [-0.05, 0) is 35.9 Å². The number of nitrogens with one attached hydrogen (secondary N) is 1. The van der Waals surface area contributed by atoms with Crippen LogP contribution in [0, 0.1) is 0 Å². The molecule has 2 aliphatic heterocycles. The molecule has 6 rings (SSSR count). The van der Waals surface area contributed by atoms with Crippen molar-refractivity contribution in [3.8, 4) is 11.5 Å². The number of aromatic amines is 1. The second-order valence-electron chi connectivity index (χ2n) is 8.87. The fraction of sp³-hybridized carbons (Fsp3) is 0.259. The van der Waals surface area contributed by atoms with Gasteiger partial charge in [0.15, 0.2) is 0 Å². The fourth-order valence-electron chi connectivity index (χ4n) is 5.42. The van der Waals surface area contributed by atoms with Gasteiger partial charge in [-0.3, -0.25) is 9.59 Å². The predicted octanol–water partition coefficient (Wildman–Crippen LogP) is 3.66. The molecule has 1 saturated heterocycles. The minimum atomic E-state index is -0.630. The van der Waals surface area contributed by atoms with Gasteiger partial charge in [0, 0.05) is 34.6 Å². The average Bonchev–Trinajstić information content (AvgIpc) is 3.53. The van der Waals surface area contributed by atoms with Gasteiger partial charge in [0.1, 0.15) is 35.9 Å². The highest BCUT2D eigenvalue weighted by Gasteiger charge is 2.49. The van der Waals surface area contributed by atoms with E-state index in [2.05, 4.69) is 11.1 Å². The maximum absolute atomic E-state index is 13.8. The minimum Gasteiger partial charge on any atom is -0.497 e. The van der Waals surface area contributed by atoms with E-state index in [1.165, 1.54) is 0 Å². The Morgan fingerprint density at radius 2 is 1.91 bits per heavy atom. The van der Waals surface area contributed by atoms with Crippen molar-refractivity contribution in [2.24, 2.45) is 0 Å². The van der Waals surface area contributed by atoms with Gasteiger partial charge < -0.3 is 28.7 Å². The first-order valence-corrected chi connectivity index (χ1v) is 11.5. The summed E-state index contributed by atoms with van der Waals surface area (Å²) in [5.41, 5.74) is 3.73. The largest absolute Gasteiger partial charge is 0.497 e. The number of ether oxygens (including phenoxy) is 2. The van der Waals surface area contributed by atoms with Crippen molar-refractivity contribution in [1.82, 2.24) is 14.8 Å². The van der Waals surface area contributed by atoms with Gasteiger partial charge in [-0.25, -0.2) is 0 Å². The Kier molecular flexibility index (Phi) is 5.02. The third-order valence-corrected chi connectivity index (χ3v) is 7.00. The van der Waals surface area contributed by atoms with Gasteiger partial charge in [-0.2, -0.15) is 0 Å². The summed E-state index contributed by atoms with van der Waals surface area (Å²) in [6, 6.07) is 16.1. The first-order chi connectivity index (χ1) is 17.1. The number of aromatic nitrogens is 1. The number of carbonyl (C=O) groups excluding carboxylic acids is 2. The van der Waals surface area contributed by atoms with E-state index in [0.29, 0.717) is 23.7 Å². The van der Waals surface area contributed by atoms with Gasteiger partial charge >= 0.3 is 0 Å². The molecule has 35 heavy (non-hydrogen) atoms. The topological polar surface area (TPSA) is 88.0 Å². The molecule has 1 N–H and O–H groups in total. The molecule has 0 bridgehead atoms. The maximum atomic E-state index is 13.8. The Morgan fingerprint density at radius 3 is 2.69 bits per heavy atom. The second kappa shape index (κ2) is 8.23. The van der Waals surface area contributed by atoms with Crippen LogP contribution in [0.15, 0.2) is 65.3 Å². The highest BCUT2D eigenvalue weighted by molar-refractivity contribution is 5.97. The van der Waals surface area contributed by atoms with Gasteiger partial charge in [0.2, 0.25) is 11.8 Å². The lowest BCUT2D eigenvalue weighted by molar-refractivity contribution is -0.159. The van der Waals surface area contributed by atoms with Crippen LogP contribution in [0.3, 0.4) is 0 Å². The monoisotopic (exact) mass is 471 g/mol. The van der Waals surface area contributed by atoms with Crippen molar-refractivity contribution in [1.29, 1.82) is 0 Å². The summed E-state index contributed by atoms with van der Waals surface area (Å²) in [5, 5.41) is 1.06. The molecule has 0 saturated carbocycles. The third kappa shape index (κ3) is 3.36. The molecule has 0 radical (unpaired) electrons. The molecule has 0 spiro atoms. The third-order valence-electron chi connectivity index (χ3n) is 7.00. The highest BCUT2D eigenvalue weighted by atomic mass is 16.5. The lowest BCUT2D eigenvalue weighted by atomic mass is 9.85. The van der Waals surface area contributed by atoms with Gasteiger partial charge in [-0.1, -0.05) is 18.2 Å². The molecule has 2 aliphatic rings. The van der Waals surface area contributed by atoms with E-state index in [1.807, 2.05) is 36.4 Å². The number of rotatable bonds is 5. The number of carbonyl (C=O) groups is 2. The van der Waals surface area contributed by atoms with E-state index in [1.54, 1.807) is 42.4 Å². The number of methoxy groups -OCH3 is 2. The Balaban J connectivity index is 1.51. The van der Waals surface area contributed by atoms with Crippen molar-refractivity contribution < 1.29 is 23.5 Å². The number of hydrogen-bond donors (Lipinski definition) is 1. The summed E-state index contributed by atoms with van der Waals surface area (Å²) in [4.78, 5) is 34.3. The van der Waals surface area contributed by atoms with E-state index < -0.39 is 12.1 Å². The average molecular weight is 472 g/mol. The van der Waals surface area contributed by atoms with Crippen molar-refractivity contribution in [3.63, 3.8) is 0 Å². The fourth-order valence-corrected chi connectivity index (χ4v) is 5.42. The predicted molar refractivity (Wildman–Crippen MR) is 128 cm³/mol. The number of piperazine rings is 1. The number of furan rings is 1. The molecule has 178 valence electrons. The molecule has 2 aromatic heterocycles. The SMILES string of the molecule is COc1ccc([C@H]2c3[nH]c4ccccc4c3C[C@H]3C(=O)N(Cc4ccco4)CC(=O)N23)c(OC)c1. The number of amides is 2. The van der Waals surface area contributed by atoms with Gasteiger partial charge in [0.25, 0.3) is 0 Å². The summed E-state index contributed by atoms with van der Waals surface area (Å²) < 4.78 is 16.6. The van der Waals surface area contributed by atoms with Crippen molar-refractivity contribution >= 4 is 22.7 Å². The lowest BCUT2D eigenvalue weighted by Crippen LogP contribution is -2.62. The smallest absolute Gasteiger partial charge is 0.246 e. The molecule has 4 aromatic rings. The van der Waals surface area contributed by atoms with Crippen LogP contribution in [0.1, 0.15) is 28.6 Å². The quantitative estimate of drug-likeness (QED) is 0.480. The number of benzene rings is 2. The molecular formula is C27H25N3O5. The van der Waals surface area contributed by atoms with Crippen LogP contribution < -0.4 is 9.47 Å². The summed E-state index contributed by atoms with van der Waals surface area (Å²) >= 11 is 0. The minimum absolute atomic E-state index is 0.0133.